The molecule has 3 heteroatoms. The van der Waals surface area contributed by atoms with Crippen molar-refractivity contribution in [2.24, 2.45) is 0 Å². The van der Waals surface area contributed by atoms with Crippen LogP contribution >= 0.6 is 0 Å². The first kappa shape index (κ1) is 12.2. The lowest BCUT2D eigenvalue weighted by Gasteiger charge is -2.10. The first-order valence-corrected chi connectivity index (χ1v) is 5.97. The second kappa shape index (κ2) is 6.62. The highest BCUT2D eigenvalue weighted by molar-refractivity contribution is 4.97. The van der Waals surface area contributed by atoms with Crippen molar-refractivity contribution in [3.8, 4) is 0 Å². The van der Waals surface area contributed by atoms with Crippen LogP contribution in [0.25, 0.3) is 0 Å². The molecule has 1 aromatic heterocycles. The standard InChI is InChI=1S/C12H23N3/c1-4-13-7-5-6-9-15-10-8-14-12(15)11(2)3/h8,10-11,13H,4-7,9H2,1-3H3. The first-order chi connectivity index (χ1) is 7.25. The third kappa shape index (κ3) is 4.04. The second-order valence-electron chi connectivity index (χ2n) is 4.19. The smallest absolute Gasteiger partial charge is 0.111 e. The fraction of sp³-hybridized carbons (Fsp3) is 0.750. The molecule has 0 aromatic carbocycles. The summed E-state index contributed by atoms with van der Waals surface area (Å²) in [6.45, 7) is 9.82. The van der Waals surface area contributed by atoms with Gasteiger partial charge in [-0.2, -0.15) is 0 Å². The maximum absolute atomic E-state index is 4.38. The van der Waals surface area contributed by atoms with E-state index in [1.54, 1.807) is 0 Å². The molecule has 1 rings (SSSR count). The predicted molar refractivity (Wildman–Crippen MR) is 64.1 cm³/mol. The summed E-state index contributed by atoms with van der Waals surface area (Å²) in [5.41, 5.74) is 0. The minimum Gasteiger partial charge on any atom is -0.335 e. The van der Waals surface area contributed by atoms with Crippen molar-refractivity contribution in [1.82, 2.24) is 14.9 Å². The Morgan fingerprint density at radius 1 is 1.40 bits per heavy atom. The quantitative estimate of drug-likeness (QED) is 0.699. The third-order valence-corrected chi connectivity index (χ3v) is 2.52. The lowest BCUT2D eigenvalue weighted by Crippen LogP contribution is -2.14. The number of nitrogens with one attached hydrogen (secondary N) is 1. The van der Waals surface area contributed by atoms with E-state index in [2.05, 4.69) is 41.8 Å². The number of imidazole rings is 1. The van der Waals surface area contributed by atoms with E-state index in [0.29, 0.717) is 5.92 Å². The van der Waals surface area contributed by atoms with E-state index < -0.39 is 0 Å². The van der Waals surface area contributed by atoms with Crippen LogP contribution in [0.15, 0.2) is 12.4 Å². The van der Waals surface area contributed by atoms with Gasteiger partial charge in [-0.05, 0) is 25.9 Å². The highest BCUT2D eigenvalue weighted by Crippen LogP contribution is 2.12. The Morgan fingerprint density at radius 2 is 2.20 bits per heavy atom. The SMILES string of the molecule is CCNCCCCn1ccnc1C(C)C. The van der Waals surface area contributed by atoms with E-state index in [4.69, 9.17) is 0 Å². The van der Waals surface area contributed by atoms with Crippen LogP contribution in [0.4, 0.5) is 0 Å². The minimum absolute atomic E-state index is 0.522. The number of aryl methyl sites for hydroxylation is 1. The number of hydrogen-bond donors (Lipinski definition) is 1. The highest BCUT2D eigenvalue weighted by atomic mass is 15.1. The molecule has 0 spiro atoms. The van der Waals surface area contributed by atoms with Crippen molar-refractivity contribution in [2.75, 3.05) is 13.1 Å². The Kier molecular flexibility index (Phi) is 5.40. The fourth-order valence-electron chi connectivity index (χ4n) is 1.72. The van der Waals surface area contributed by atoms with Gasteiger partial charge in [0.1, 0.15) is 5.82 Å². The molecule has 1 aromatic rings. The van der Waals surface area contributed by atoms with Gasteiger partial charge in [-0.15, -0.1) is 0 Å². The van der Waals surface area contributed by atoms with E-state index in [-0.39, 0.29) is 0 Å². The first-order valence-electron chi connectivity index (χ1n) is 5.97. The molecule has 0 aliphatic heterocycles. The third-order valence-electron chi connectivity index (χ3n) is 2.52. The number of hydrogen-bond acceptors (Lipinski definition) is 2. The van der Waals surface area contributed by atoms with E-state index in [1.165, 1.54) is 18.7 Å². The van der Waals surface area contributed by atoms with Crippen molar-refractivity contribution in [2.45, 2.75) is 46.1 Å². The van der Waals surface area contributed by atoms with E-state index >= 15 is 0 Å². The second-order valence-corrected chi connectivity index (χ2v) is 4.19. The van der Waals surface area contributed by atoms with Gasteiger partial charge in [0.05, 0.1) is 0 Å². The van der Waals surface area contributed by atoms with Gasteiger partial charge in [0.2, 0.25) is 0 Å². The van der Waals surface area contributed by atoms with Crippen LogP contribution < -0.4 is 5.32 Å². The lowest BCUT2D eigenvalue weighted by atomic mass is 10.2. The molecule has 0 fully saturated rings. The van der Waals surface area contributed by atoms with Gasteiger partial charge in [0.25, 0.3) is 0 Å². The Balaban J connectivity index is 2.28. The Labute approximate surface area is 92.9 Å². The van der Waals surface area contributed by atoms with Gasteiger partial charge < -0.3 is 9.88 Å². The van der Waals surface area contributed by atoms with Crippen LogP contribution in [0.5, 0.6) is 0 Å². The minimum atomic E-state index is 0.522. The average Bonchev–Trinajstić information content (AvgIpc) is 2.66. The molecule has 86 valence electrons. The van der Waals surface area contributed by atoms with Crippen molar-refractivity contribution >= 4 is 0 Å². The molecule has 0 saturated carbocycles. The molecule has 0 aliphatic carbocycles. The number of aromatic nitrogens is 2. The van der Waals surface area contributed by atoms with Crippen LogP contribution in [0.3, 0.4) is 0 Å². The summed E-state index contributed by atoms with van der Waals surface area (Å²) < 4.78 is 2.27. The Bertz CT molecular complexity index is 266. The van der Waals surface area contributed by atoms with Crippen LogP contribution in [0.1, 0.15) is 45.4 Å². The maximum Gasteiger partial charge on any atom is 0.111 e. The lowest BCUT2D eigenvalue weighted by molar-refractivity contribution is 0.550. The maximum atomic E-state index is 4.38. The molecule has 0 atom stereocenters. The molecular weight excluding hydrogens is 186 g/mol. The Morgan fingerprint density at radius 3 is 2.87 bits per heavy atom. The van der Waals surface area contributed by atoms with E-state index in [1.807, 2.05) is 6.20 Å². The van der Waals surface area contributed by atoms with Gasteiger partial charge in [-0.1, -0.05) is 20.8 Å². The summed E-state index contributed by atoms with van der Waals surface area (Å²) in [4.78, 5) is 4.38. The summed E-state index contributed by atoms with van der Waals surface area (Å²) in [6, 6.07) is 0. The van der Waals surface area contributed by atoms with Gasteiger partial charge >= 0.3 is 0 Å². The predicted octanol–water partition coefficient (Wildman–Crippen LogP) is 2.40. The Hall–Kier alpha value is -0.830. The van der Waals surface area contributed by atoms with Gasteiger partial charge in [0, 0.05) is 24.9 Å². The molecule has 0 amide bonds. The normalized spacial score (nSPS) is 11.2. The summed E-state index contributed by atoms with van der Waals surface area (Å²) >= 11 is 0. The van der Waals surface area contributed by atoms with Crippen molar-refractivity contribution in [3.05, 3.63) is 18.2 Å². The zero-order valence-electron chi connectivity index (χ0n) is 10.2. The molecule has 0 radical (unpaired) electrons. The van der Waals surface area contributed by atoms with E-state index in [0.717, 1.165) is 19.6 Å². The molecule has 3 nitrogen and oxygen atoms in total. The van der Waals surface area contributed by atoms with Gasteiger partial charge in [-0.25, -0.2) is 4.98 Å². The molecule has 0 bridgehead atoms. The summed E-state index contributed by atoms with van der Waals surface area (Å²) in [6.07, 6.45) is 6.45. The molecular formula is C12H23N3. The molecule has 1 heterocycles. The zero-order chi connectivity index (χ0) is 11.1. The average molecular weight is 209 g/mol. The summed E-state index contributed by atoms with van der Waals surface area (Å²) in [5.74, 6) is 1.73. The molecule has 0 unspecified atom stereocenters. The fourth-order valence-corrected chi connectivity index (χ4v) is 1.72. The van der Waals surface area contributed by atoms with E-state index in [9.17, 15) is 0 Å². The zero-order valence-corrected chi connectivity index (χ0v) is 10.2. The van der Waals surface area contributed by atoms with Crippen LogP contribution in [0, 0.1) is 0 Å². The van der Waals surface area contributed by atoms with Crippen LogP contribution in [-0.4, -0.2) is 22.6 Å². The van der Waals surface area contributed by atoms with Crippen LogP contribution in [0.2, 0.25) is 0 Å². The number of unbranched alkanes of at least 4 members (excludes halogenated alkanes) is 1. The highest BCUT2D eigenvalue weighted by Gasteiger charge is 2.05. The van der Waals surface area contributed by atoms with Gasteiger partial charge in [-0.3, -0.25) is 0 Å². The topological polar surface area (TPSA) is 29.9 Å². The molecule has 0 aliphatic rings. The van der Waals surface area contributed by atoms with Crippen molar-refractivity contribution < 1.29 is 0 Å². The number of nitrogens with zero attached hydrogens (tertiary/aromatic N) is 2. The van der Waals surface area contributed by atoms with Gasteiger partial charge in [0.15, 0.2) is 0 Å². The van der Waals surface area contributed by atoms with Crippen molar-refractivity contribution in [1.29, 1.82) is 0 Å². The summed E-state index contributed by atoms with van der Waals surface area (Å²) in [7, 11) is 0. The molecule has 0 saturated heterocycles. The molecule has 1 N–H and O–H groups in total. The monoisotopic (exact) mass is 209 g/mol. The van der Waals surface area contributed by atoms with Crippen LogP contribution in [-0.2, 0) is 6.54 Å². The largest absolute Gasteiger partial charge is 0.335 e. The summed E-state index contributed by atoms with van der Waals surface area (Å²) in [5, 5.41) is 3.34. The van der Waals surface area contributed by atoms with Crippen molar-refractivity contribution in [3.63, 3.8) is 0 Å². The molecule has 15 heavy (non-hydrogen) atoms. The number of rotatable bonds is 7.